The van der Waals surface area contributed by atoms with Crippen LogP contribution in [0.5, 0.6) is 11.6 Å². The lowest BCUT2D eigenvalue weighted by atomic mass is 10.1. The molecule has 0 bridgehead atoms. The van der Waals surface area contributed by atoms with Crippen molar-refractivity contribution in [3.63, 3.8) is 0 Å². The smallest absolute Gasteiger partial charge is 0.480 e. The number of benzene rings is 2. The quantitative estimate of drug-likeness (QED) is 0.152. The van der Waals surface area contributed by atoms with Gasteiger partial charge in [-0.15, -0.1) is 28.5 Å². The first-order valence-electron chi connectivity index (χ1n) is 17.9. The van der Waals surface area contributed by atoms with Crippen LogP contribution in [-0.2, 0) is 11.3 Å². The number of methoxy groups -OCH3 is 1. The molecule has 2 amide bonds. The van der Waals surface area contributed by atoms with E-state index >= 15 is 0 Å². The highest BCUT2D eigenvalue weighted by atomic mass is 19.4. The van der Waals surface area contributed by atoms with E-state index in [2.05, 4.69) is 57.3 Å². The van der Waals surface area contributed by atoms with Crippen LogP contribution in [0.25, 0.3) is 22.6 Å². The average Bonchev–Trinajstić information content (AvgIpc) is 3.72. The fraction of sp³-hybridized carbons (Fsp3) is 0.125. The molecule has 0 unspecified atom stereocenters. The van der Waals surface area contributed by atoms with Gasteiger partial charge < -0.3 is 25.0 Å². The van der Waals surface area contributed by atoms with Crippen LogP contribution in [0.3, 0.4) is 0 Å². The molecular weight excluding hydrogens is 784 g/mol. The number of imidazole rings is 1. The minimum atomic E-state index is -4.89. The monoisotopic (exact) mass is 813 g/mol. The Morgan fingerprint density at radius 1 is 0.867 bits per heavy atom. The summed E-state index contributed by atoms with van der Waals surface area (Å²) in [6.07, 6.45) is -1.54. The zero-order valence-corrected chi connectivity index (χ0v) is 31.7. The molecule has 17 nitrogen and oxygen atoms in total. The van der Waals surface area contributed by atoms with Crippen molar-refractivity contribution in [2.75, 3.05) is 17.7 Å². The minimum Gasteiger partial charge on any atom is -0.480 e. The zero-order valence-electron chi connectivity index (χ0n) is 31.7. The van der Waals surface area contributed by atoms with Crippen molar-refractivity contribution in [1.29, 1.82) is 5.26 Å². The number of fused-ring (bicyclic) bond motifs is 2. The minimum absolute atomic E-state index is 0.111. The van der Waals surface area contributed by atoms with E-state index in [0.717, 1.165) is 0 Å². The first-order chi connectivity index (χ1) is 28.9. The maximum Gasteiger partial charge on any atom is 0.573 e. The third-order valence-corrected chi connectivity index (χ3v) is 9.23. The van der Waals surface area contributed by atoms with Gasteiger partial charge in [0, 0.05) is 22.9 Å². The van der Waals surface area contributed by atoms with Crippen molar-refractivity contribution in [2.24, 2.45) is 0 Å². The SMILES string of the molecule is COc1ccc(NC(=O)C2=C(C)N(Cc3ccc(NC(=O)c4c(C)nc5ccc(-c6cccc(C#N)c6)nn45)nn3)C3=CC=C(c4cccc(OC(F)(F)F)c4)NN32)nn1. The van der Waals surface area contributed by atoms with Gasteiger partial charge in [-0.1, -0.05) is 24.3 Å². The van der Waals surface area contributed by atoms with Crippen molar-refractivity contribution in [3.05, 3.63) is 143 Å². The number of hydrazine groups is 1. The molecule has 6 aromatic rings. The molecular formula is C40H30F3N13O4. The van der Waals surface area contributed by atoms with Crippen LogP contribution in [0.4, 0.5) is 24.8 Å². The molecule has 2 aliphatic heterocycles. The fourth-order valence-corrected chi connectivity index (χ4v) is 6.50. The van der Waals surface area contributed by atoms with E-state index < -0.39 is 23.9 Å². The predicted octanol–water partition coefficient (Wildman–Crippen LogP) is 5.70. The molecule has 0 radical (unpaired) electrons. The summed E-state index contributed by atoms with van der Waals surface area (Å²) in [5.74, 6) is -0.507. The van der Waals surface area contributed by atoms with Gasteiger partial charge in [0.15, 0.2) is 23.0 Å². The van der Waals surface area contributed by atoms with Gasteiger partial charge in [-0.3, -0.25) is 15.0 Å². The van der Waals surface area contributed by atoms with E-state index in [9.17, 15) is 28.0 Å². The van der Waals surface area contributed by atoms with Crippen LogP contribution in [0, 0.1) is 18.3 Å². The number of carbonyl (C=O) groups excluding carboxylic acids is 2. The van der Waals surface area contributed by atoms with E-state index in [1.165, 1.54) is 47.0 Å². The Morgan fingerprint density at radius 3 is 2.33 bits per heavy atom. The second-order valence-corrected chi connectivity index (χ2v) is 13.2. The van der Waals surface area contributed by atoms with Crippen molar-refractivity contribution < 1.29 is 32.2 Å². The normalized spacial score (nSPS) is 13.6. The largest absolute Gasteiger partial charge is 0.573 e. The van der Waals surface area contributed by atoms with Gasteiger partial charge >= 0.3 is 6.36 Å². The molecule has 300 valence electrons. The lowest BCUT2D eigenvalue weighted by molar-refractivity contribution is -0.274. The molecule has 2 aromatic carbocycles. The van der Waals surface area contributed by atoms with Crippen LogP contribution in [-0.4, -0.2) is 70.2 Å². The molecule has 0 aliphatic carbocycles. The van der Waals surface area contributed by atoms with Crippen LogP contribution in [0.2, 0.25) is 0 Å². The molecule has 0 atom stereocenters. The zero-order chi connectivity index (χ0) is 42.1. The van der Waals surface area contributed by atoms with Crippen LogP contribution >= 0.6 is 0 Å². The highest BCUT2D eigenvalue weighted by molar-refractivity contribution is 6.04. The summed E-state index contributed by atoms with van der Waals surface area (Å²) < 4.78 is 49.7. The molecule has 3 N–H and O–H groups in total. The number of nitrogens with one attached hydrogen (secondary N) is 3. The summed E-state index contributed by atoms with van der Waals surface area (Å²) in [6.45, 7) is 3.52. The van der Waals surface area contributed by atoms with Crippen LogP contribution in [0.15, 0.2) is 114 Å². The number of anilines is 2. The summed E-state index contributed by atoms with van der Waals surface area (Å²) in [5.41, 5.74) is 7.71. The van der Waals surface area contributed by atoms with E-state index in [-0.39, 0.29) is 35.5 Å². The van der Waals surface area contributed by atoms with Crippen LogP contribution < -0.4 is 25.5 Å². The predicted molar refractivity (Wildman–Crippen MR) is 207 cm³/mol. The number of amides is 2. The molecule has 6 heterocycles. The third kappa shape index (κ3) is 7.82. The molecule has 20 heteroatoms. The molecule has 8 rings (SSSR count). The Kier molecular flexibility index (Phi) is 9.98. The van der Waals surface area contributed by atoms with Gasteiger partial charge in [0.2, 0.25) is 5.88 Å². The van der Waals surface area contributed by atoms with Gasteiger partial charge in [0.05, 0.1) is 48.1 Å². The summed E-state index contributed by atoms with van der Waals surface area (Å²) in [5, 5.41) is 37.4. The lowest BCUT2D eigenvalue weighted by Gasteiger charge is -2.31. The van der Waals surface area contributed by atoms with Gasteiger partial charge in [-0.2, -0.15) is 15.5 Å². The number of allylic oxidation sites excluding steroid dienone is 3. The second-order valence-electron chi connectivity index (χ2n) is 13.2. The molecule has 0 fully saturated rings. The Hall–Kier alpha value is -8.34. The van der Waals surface area contributed by atoms with Gasteiger partial charge in [0.1, 0.15) is 17.3 Å². The number of hydrogen-bond donors (Lipinski definition) is 3. The van der Waals surface area contributed by atoms with Crippen molar-refractivity contribution in [2.45, 2.75) is 26.8 Å². The molecule has 60 heavy (non-hydrogen) atoms. The lowest BCUT2D eigenvalue weighted by Crippen LogP contribution is -2.40. The average molecular weight is 814 g/mol. The van der Waals surface area contributed by atoms with Gasteiger partial charge in [0.25, 0.3) is 11.8 Å². The Bertz CT molecular complexity index is 2810. The number of aromatic nitrogens is 7. The second kappa shape index (κ2) is 15.5. The van der Waals surface area contributed by atoms with E-state index in [4.69, 9.17) is 4.74 Å². The highest BCUT2D eigenvalue weighted by Gasteiger charge is 2.38. The topological polar surface area (TPSA) is 201 Å². The number of ether oxygens (including phenoxy) is 2. The Balaban J connectivity index is 1.05. The van der Waals surface area contributed by atoms with Crippen molar-refractivity contribution in [1.82, 2.24) is 50.3 Å². The number of halogens is 3. The van der Waals surface area contributed by atoms with Gasteiger partial charge in [-0.25, -0.2) is 14.5 Å². The maximum atomic E-state index is 13.9. The Morgan fingerprint density at radius 2 is 1.62 bits per heavy atom. The molecule has 4 aromatic heterocycles. The Labute approximate surface area is 338 Å². The standard InChI is InChI=1S/C40H30F3N13O4/c1-22-36(55-33(45-22)15-11-29(52-55)25-7-4-6-24(18-25)20-44)38(57)46-31-13-10-27(48-49-31)21-54-23(2)37(39(58)47-32-14-16-34(59-3)51-50-32)56-35(54)17-12-30(53-56)26-8-5-9-28(19-26)60-40(41,42)43/h4-19,53H,21H2,1-3H3,(H,46,49,57)(H,47,50,58). The number of nitrogens with zero attached hydrogens (tertiary/aromatic N) is 10. The van der Waals surface area contributed by atoms with Gasteiger partial charge in [-0.05, 0) is 80.6 Å². The van der Waals surface area contributed by atoms with E-state index in [1.54, 1.807) is 79.4 Å². The molecule has 0 spiro atoms. The number of hydrogen-bond acceptors (Lipinski definition) is 14. The van der Waals surface area contributed by atoms with Crippen molar-refractivity contribution >= 4 is 34.8 Å². The molecule has 0 saturated carbocycles. The highest BCUT2D eigenvalue weighted by Crippen LogP contribution is 2.37. The van der Waals surface area contributed by atoms with Crippen molar-refractivity contribution in [3.8, 4) is 29.0 Å². The summed E-state index contributed by atoms with van der Waals surface area (Å²) >= 11 is 0. The van der Waals surface area contributed by atoms with E-state index in [1.807, 2.05) is 6.07 Å². The fourth-order valence-electron chi connectivity index (χ4n) is 6.50. The summed E-state index contributed by atoms with van der Waals surface area (Å²) in [7, 11) is 1.43. The number of rotatable bonds is 10. The number of aryl methyl sites for hydroxylation is 1. The maximum absolute atomic E-state index is 13.9. The summed E-state index contributed by atoms with van der Waals surface area (Å²) in [6, 6.07) is 24.3. The number of carbonyl (C=O) groups is 2. The number of alkyl halides is 3. The van der Waals surface area contributed by atoms with E-state index in [0.29, 0.717) is 56.6 Å². The molecule has 2 aliphatic rings. The molecule has 0 saturated heterocycles. The first-order valence-corrected chi connectivity index (χ1v) is 17.9. The first kappa shape index (κ1) is 38.5. The van der Waals surface area contributed by atoms with Crippen LogP contribution in [0.1, 0.15) is 39.9 Å². The number of nitriles is 1. The summed E-state index contributed by atoms with van der Waals surface area (Å²) in [4.78, 5) is 33.8. The third-order valence-electron chi connectivity index (χ3n) is 9.23.